The maximum absolute atomic E-state index is 5.01. The molecule has 2 fully saturated rings. The molecule has 1 unspecified atom stereocenters. The molecule has 0 aliphatic carbocycles. The van der Waals surface area contributed by atoms with Crippen molar-refractivity contribution in [1.29, 1.82) is 0 Å². The molecule has 2 saturated heterocycles. The number of hydrogen-bond donors (Lipinski definition) is 1. The molecule has 138 valence electrons. The lowest BCUT2D eigenvalue weighted by Crippen LogP contribution is -2.72. The second-order valence-electron chi connectivity index (χ2n) is 8.66. The van der Waals surface area contributed by atoms with Crippen LogP contribution in [0.3, 0.4) is 0 Å². The third-order valence-electron chi connectivity index (χ3n) is 6.38. The summed E-state index contributed by atoms with van der Waals surface area (Å²) in [7, 11) is 0. The number of aliphatic imine (C=N–C) groups is 1. The van der Waals surface area contributed by atoms with Gasteiger partial charge in [-0.25, -0.2) is 0 Å². The SMILES string of the molecule is CCNC(=NCC1CCN(c2ccccc2)C1)N1CC(C)(C)C1(C)C. The Morgan fingerprint density at radius 3 is 2.52 bits per heavy atom. The fraction of sp³-hybridized carbons (Fsp3) is 0.667. The second-order valence-corrected chi connectivity index (χ2v) is 8.66. The van der Waals surface area contributed by atoms with Crippen LogP contribution in [-0.2, 0) is 0 Å². The summed E-state index contributed by atoms with van der Waals surface area (Å²) in [5.74, 6) is 1.73. The highest BCUT2D eigenvalue weighted by atomic mass is 15.4. The van der Waals surface area contributed by atoms with Crippen LogP contribution in [0.5, 0.6) is 0 Å². The molecule has 1 N–H and O–H groups in total. The summed E-state index contributed by atoms with van der Waals surface area (Å²) >= 11 is 0. The Balaban J connectivity index is 1.62. The van der Waals surface area contributed by atoms with Gasteiger partial charge in [0.05, 0.1) is 0 Å². The van der Waals surface area contributed by atoms with Gasteiger partial charge in [0.1, 0.15) is 0 Å². The van der Waals surface area contributed by atoms with E-state index in [1.165, 1.54) is 12.1 Å². The monoisotopic (exact) mass is 342 g/mol. The van der Waals surface area contributed by atoms with Crippen LogP contribution in [-0.4, -0.2) is 49.1 Å². The fourth-order valence-corrected chi connectivity index (χ4v) is 3.87. The van der Waals surface area contributed by atoms with E-state index >= 15 is 0 Å². The third-order valence-corrected chi connectivity index (χ3v) is 6.38. The summed E-state index contributed by atoms with van der Waals surface area (Å²) in [6.07, 6.45) is 1.23. The lowest BCUT2D eigenvalue weighted by atomic mass is 9.65. The Morgan fingerprint density at radius 1 is 1.20 bits per heavy atom. The van der Waals surface area contributed by atoms with Crippen molar-refractivity contribution in [3.8, 4) is 0 Å². The number of nitrogens with zero attached hydrogens (tertiary/aromatic N) is 3. The van der Waals surface area contributed by atoms with E-state index in [2.05, 4.69) is 80.1 Å². The topological polar surface area (TPSA) is 30.9 Å². The highest BCUT2D eigenvalue weighted by Crippen LogP contribution is 2.46. The average molecular weight is 343 g/mol. The molecule has 4 nitrogen and oxygen atoms in total. The minimum Gasteiger partial charge on any atom is -0.371 e. The van der Waals surface area contributed by atoms with Gasteiger partial charge in [-0.3, -0.25) is 4.99 Å². The Bertz CT molecular complexity index is 606. The normalized spacial score (nSPS) is 25.0. The van der Waals surface area contributed by atoms with Crippen molar-refractivity contribution in [3.05, 3.63) is 30.3 Å². The van der Waals surface area contributed by atoms with Crippen LogP contribution in [0.2, 0.25) is 0 Å². The molecule has 0 bridgehead atoms. The standard InChI is InChI=1S/C21H34N4/c1-6-22-19(25-16-20(2,3)21(25,4)5)23-14-17-12-13-24(15-17)18-10-8-7-9-11-18/h7-11,17H,6,12-16H2,1-5H3,(H,22,23). The number of anilines is 1. The van der Waals surface area contributed by atoms with E-state index in [-0.39, 0.29) is 5.54 Å². The molecule has 0 amide bonds. The number of para-hydroxylation sites is 1. The van der Waals surface area contributed by atoms with Gasteiger partial charge in [-0.2, -0.15) is 0 Å². The highest BCUT2D eigenvalue weighted by molar-refractivity contribution is 5.82. The Morgan fingerprint density at radius 2 is 1.92 bits per heavy atom. The van der Waals surface area contributed by atoms with Crippen LogP contribution in [0.4, 0.5) is 5.69 Å². The molecule has 2 aliphatic rings. The second kappa shape index (κ2) is 6.89. The van der Waals surface area contributed by atoms with Crippen molar-refractivity contribution in [2.45, 2.75) is 46.6 Å². The molecule has 2 heterocycles. The zero-order valence-corrected chi connectivity index (χ0v) is 16.5. The molecular weight excluding hydrogens is 308 g/mol. The molecular formula is C21H34N4. The summed E-state index contributed by atoms with van der Waals surface area (Å²) in [4.78, 5) is 9.95. The molecule has 4 heteroatoms. The Labute approximate surface area is 153 Å². The van der Waals surface area contributed by atoms with E-state index in [0.29, 0.717) is 11.3 Å². The maximum Gasteiger partial charge on any atom is 0.194 e. The van der Waals surface area contributed by atoms with E-state index in [0.717, 1.165) is 38.7 Å². The first kappa shape index (κ1) is 18.1. The van der Waals surface area contributed by atoms with Crippen molar-refractivity contribution in [1.82, 2.24) is 10.2 Å². The van der Waals surface area contributed by atoms with E-state index in [4.69, 9.17) is 4.99 Å². The molecule has 0 saturated carbocycles. The van der Waals surface area contributed by atoms with Gasteiger partial charge < -0.3 is 15.1 Å². The van der Waals surface area contributed by atoms with Crippen LogP contribution in [0.25, 0.3) is 0 Å². The largest absolute Gasteiger partial charge is 0.371 e. The third kappa shape index (κ3) is 3.49. The van der Waals surface area contributed by atoms with E-state index < -0.39 is 0 Å². The van der Waals surface area contributed by atoms with Gasteiger partial charge in [-0.05, 0) is 45.2 Å². The van der Waals surface area contributed by atoms with Gasteiger partial charge in [0.2, 0.25) is 0 Å². The van der Waals surface area contributed by atoms with Crippen LogP contribution in [0.1, 0.15) is 41.0 Å². The van der Waals surface area contributed by atoms with Crippen molar-refractivity contribution in [2.75, 3.05) is 37.6 Å². The minimum absolute atomic E-state index is 0.153. The van der Waals surface area contributed by atoms with E-state index in [1.807, 2.05) is 0 Å². The smallest absolute Gasteiger partial charge is 0.194 e. The van der Waals surface area contributed by atoms with Gasteiger partial charge in [0, 0.05) is 49.4 Å². The fourth-order valence-electron chi connectivity index (χ4n) is 3.87. The molecule has 0 spiro atoms. The van der Waals surface area contributed by atoms with Crippen molar-refractivity contribution in [3.63, 3.8) is 0 Å². The summed E-state index contributed by atoms with van der Waals surface area (Å²) in [6, 6.07) is 10.7. The molecule has 1 atom stereocenters. The highest BCUT2D eigenvalue weighted by Gasteiger charge is 2.53. The number of rotatable bonds is 4. The average Bonchev–Trinajstić information content (AvgIpc) is 3.06. The van der Waals surface area contributed by atoms with Crippen molar-refractivity contribution < 1.29 is 0 Å². The van der Waals surface area contributed by atoms with Crippen LogP contribution in [0.15, 0.2) is 35.3 Å². The van der Waals surface area contributed by atoms with Crippen LogP contribution in [0, 0.1) is 11.3 Å². The first-order valence-corrected chi connectivity index (χ1v) is 9.71. The lowest BCUT2D eigenvalue weighted by molar-refractivity contribution is -0.0667. The van der Waals surface area contributed by atoms with E-state index in [9.17, 15) is 0 Å². The van der Waals surface area contributed by atoms with Crippen molar-refractivity contribution >= 4 is 11.6 Å². The van der Waals surface area contributed by atoms with Crippen molar-refractivity contribution in [2.24, 2.45) is 16.3 Å². The molecule has 2 aliphatic heterocycles. The molecule has 0 radical (unpaired) electrons. The first-order chi connectivity index (χ1) is 11.8. The quantitative estimate of drug-likeness (QED) is 0.670. The molecule has 1 aromatic carbocycles. The van der Waals surface area contributed by atoms with Gasteiger partial charge in [0.25, 0.3) is 0 Å². The van der Waals surface area contributed by atoms with Gasteiger partial charge >= 0.3 is 0 Å². The minimum atomic E-state index is 0.153. The zero-order valence-electron chi connectivity index (χ0n) is 16.5. The molecule has 25 heavy (non-hydrogen) atoms. The number of nitrogens with one attached hydrogen (secondary N) is 1. The summed E-state index contributed by atoms with van der Waals surface area (Å²) in [6.45, 7) is 16.7. The van der Waals surface area contributed by atoms with Crippen LogP contribution < -0.4 is 10.2 Å². The Hall–Kier alpha value is -1.71. The van der Waals surface area contributed by atoms with Crippen LogP contribution >= 0.6 is 0 Å². The number of hydrogen-bond acceptors (Lipinski definition) is 2. The van der Waals surface area contributed by atoms with Gasteiger partial charge in [-0.1, -0.05) is 32.0 Å². The summed E-state index contributed by atoms with van der Waals surface area (Å²) in [5, 5.41) is 3.51. The van der Waals surface area contributed by atoms with E-state index in [1.54, 1.807) is 0 Å². The number of benzene rings is 1. The number of guanidine groups is 1. The predicted octanol–water partition coefficient (Wildman–Crippen LogP) is 3.60. The summed E-state index contributed by atoms with van der Waals surface area (Å²) in [5.41, 5.74) is 1.83. The number of likely N-dealkylation sites (tertiary alicyclic amines) is 1. The lowest BCUT2D eigenvalue weighted by Gasteiger charge is -2.62. The molecule has 1 aromatic rings. The van der Waals surface area contributed by atoms with Gasteiger partial charge in [0.15, 0.2) is 5.96 Å². The Kier molecular flexibility index (Phi) is 4.99. The van der Waals surface area contributed by atoms with Gasteiger partial charge in [-0.15, -0.1) is 0 Å². The maximum atomic E-state index is 5.01. The first-order valence-electron chi connectivity index (χ1n) is 9.71. The molecule has 0 aromatic heterocycles. The zero-order chi connectivity index (χ0) is 18.1. The molecule has 3 rings (SSSR count). The predicted molar refractivity (Wildman–Crippen MR) is 107 cm³/mol. The summed E-state index contributed by atoms with van der Waals surface area (Å²) < 4.78 is 0.